The summed E-state index contributed by atoms with van der Waals surface area (Å²) >= 11 is 11.6. The summed E-state index contributed by atoms with van der Waals surface area (Å²) in [6.45, 7) is 2.41. The standard InChI is InChI=1S/C33H26Cl2N2O3S/c1-2-41(40)28-15-12-25(13-16-28)24-8-3-22(4-9-24)7-18-32-36-31(29-17-14-27(34)19-30(29)35)21-37(32)20-23-5-10-26(11-6-23)33(38)39/h3-19,21H,2,20H2,1H3,(H,38,39)/b18-7+. The smallest absolute Gasteiger partial charge is 0.335 e. The third-order valence-electron chi connectivity index (χ3n) is 6.62. The van der Waals surface area contributed by atoms with Crippen LogP contribution in [0.15, 0.2) is 102 Å². The summed E-state index contributed by atoms with van der Waals surface area (Å²) in [5, 5.41) is 10.3. The normalized spacial score (nSPS) is 12.1. The Bertz CT molecular complexity index is 1700. The fourth-order valence-corrected chi connectivity index (χ4v) is 5.67. The lowest BCUT2D eigenvalue weighted by molar-refractivity contribution is 0.0697. The molecule has 0 saturated heterocycles. The van der Waals surface area contributed by atoms with Crippen LogP contribution in [0.1, 0.15) is 34.2 Å². The minimum Gasteiger partial charge on any atom is -0.611 e. The monoisotopic (exact) mass is 600 g/mol. The fraction of sp³-hybridized carbons (Fsp3) is 0.0909. The first-order valence-electron chi connectivity index (χ1n) is 12.9. The molecule has 1 atom stereocenters. The second-order valence-electron chi connectivity index (χ2n) is 9.35. The Labute approximate surface area is 251 Å². The lowest BCUT2D eigenvalue weighted by Gasteiger charge is -2.08. The molecule has 4 aromatic carbocycles. The molecule has 0 aliphatic carbocycles. The summed E-state index contributed by atoms with van der Waals surface area (Å²) in [7, 11) is 0. The van der Waals surface area contributed by atoms with Gasteiger partial charge in [-0.25, -0.2) is 9.78 Å². The maximum absolute atomic E-state index is 12.0. The number of carbonyl (C=O) groups is 1. The van der Waals surface area contributed by atoms with Gasteiger partial charge in [0.1, 0.15) is 11.6 Å². The van der Waals surface area contributed by atoms with Crippen LogP contribution in [-0.2, 0) is 17.7 Å². The second-order valence-corrected chi connectivity index (χ2v) is 11.9. The number of hydrogen-bond acceptors (Lipinski definition) is 3. The van der Waals surface area contributed by atoms with E-state index in [0.29, 0.717) is 28.0 Å². The van der Waals surface area contributed by atoms with Gasteiger partial charge in [0.15, 0.2) is 4.90 Å². The van der Waals surface area contributed by atoms with Crippen molar-refractivity contribution in [2.45, 2.75) is 18.4 Å². The van der Waals surface area contributed by atoms with Crippen LogP contribution in [0.25, 0.3) is 34.5 Å². The Morgan fingerprint density at radius 1 is 0.927 bits per heavy atom. The molecule has 0 saturated carbocycles. The first-order chi connectivity index (χ1) is 19.8. The molecule has 1 N–H and O–H groups in total. The van der Waals surface area contributed by atoms with Gasteiger partial charge in [-0.2, -0.15) is 0 Å². The highest BCUT2D eigenvalue weighted by atomic mass is 35.5. The first-order valence-corrected chi connectivity index (χ1v) is 15.0. The fourth-order valence-electron chi connectivity index (χ4n) is 4.39. The molecular weight excluding hydrogens is 575 g/mol. The van der Waals surface area contributed by atoms with Gasteiger partial charge in [-0.3, -0.25) is 0 Å². The van der Waals surface area contributed by atoms with Crippen molar-refractivity contribution in [3.05, 3.63) is 130 Å². The molecule has 0 aliphatic heterocycles. The average Bonchev–Trinajstić information content (AvgIpc) is 3.38. The molecule has 8 heteroatoms. The number of nitrogens with zero attached hydrogens (tertiary/aromatic N) is 2. The number of aromatic nitrogens is 2. The van der Waals surface area contributed by atoms with Crippen molar-refractivity contribution in [1.29, 1.82) is 0 Å². The van der Waals surface area contributed by atoms with E-state index in [1.807, 2.05) is 72.3 Å². The molecule has 1 aromatic heterocycles. The average molecular weight is 602 g/mol. The lowest BCUT2D eigenvalue weighted by Crippen LogP contribution is -2.03. The van der Waals surface area contributed by atoms with Crippen LogP contribution >= 0.6 is 23.2 Å². The highest BCUT2D eigenvalue weighted by Crippen LogP contribution is 2.30. The summed E-state index contributed by atoms with van der Waals surface area (Å²) < 4.78 is 14.0. The number of hydrogen-bond donors (Lipinski definition) is 1. The van der Waals surface area contributed by atoms with Crippen molar-refractivity contribution in [1.82, 2.24) is 9.55 Å². The first kappa shape index (κ1) is 28.7. The minimum atomic E-state index is -0.965. The quantitative estimate of drug-likeness (QED) is 0.172. The van der Waals surface area contributed by atoms with Crippen LogP contribution in [0, 0.1) is 0 Å². The number of carboxylic acids is 1. The number of halogens is 2. The Morgan fingerprint density at radius 3 is 2.20 bits per heavy atom. The maximum atomic E-state index is 12.0. The summed E-state index contributed by atoms with van der Waals surface area (Å²) in [6.07, 6.45) is 5.87. The van der Waals surface area contributed by atoms with Gasteiger partial charge in [0.05, 0.1) is 16.3 Å². The molecule has 0 radical (unpaired) electrons. The summed E-state index contributed by atoms with van der Waals surface area (Å²) in [5.41, 5.74) is 5.79. The Balaban J connectivity index is 1.41. The topological polar surface area (TPSA) is 78.2 Å². The van der Waals surface area contributed by atoms with E-state index in [1.165, 1.54) is 0 Å². The molecule has 41 heavy (non-hydrogen) atoms. The van der Waals surface area contributed by atoms with E-state index < -0.39 is 17.1 Å². The molecule has 0 aliphatic rings. The van der Waals surface area contributed by atoms with Crippen molar-refractivity contribution in [2.24, 2.45) is 0 Å². The van der Waals surface area contributed by atoms with Gasteiger partial charge in [-0.05, 0) is 101 Å². The van der Waals surface area contributed by atoms with Crippen molar-refractivity contribution >= 4 is 52.5 Å². The highest BCUT2D eigenvalue weighted by molar-refractivity contribution is 7.91. The van der Waals surface area contributed by atoms with Gasteiger partial charge in [0.25, 0.3) is 0 Å². The minimum absolute atomic E-state index is 0.239. The number of rotatable bonds is 9. The SMILES string of the molecule is CC[S+]([O-])c1ccc(-c2ccc(/C=C/c3nc(-c4ccc(Cl)cc4Cl)cn3Cc3ccc(C(=O)O)cc3)cc2)cc1. The van der Waals surface area contributed by atoms with E-state index in [-0.39, 0.29) is 5.56 Å². The summed E-state index contributed by atoms with van der Waals surface area (Å²) in [4.78, 5) is 16.9. The van der Waals surface area contributed by atoms with E-state index in [0.717, 1.165) is 38.5 Å². The maximum Gasteiger partial charge on any atom is 0.335 e. The molecular formula is C33H26Cl2N2O3S. The molecule has 1 heterocycles. The van der Waals surface area contributed by atoms with Crippen LogP contribution in [0.5, 0.6) is 0 Å². The summed E-state index contributed by atoms with van der Waals surface area (Å²) in [6, 6.07) is 28.1. The summed E-state index contributed by atoms with van der Waals surface area (Å²) in [5.74, 6) is 0.361. The van der Waals surface area contributed by atoms with Crippen LogP contribution in [-0.4, -0.2) is 30.9 Å². The number of carboxylic acid groups (broad SMARTS) is 1. The molecule has 206 valence electrons. The molecule has 5 rings (SSSR count). The van der Waals surface area contributed by atoms with Gasteiger partial charge in [-0.15, -0.1) is 0 Å². The van der Waals surface area contributed by atoms with E-state index in [9.17, 15) is 14.5 Å². The zero-order valence-electron chi connectivity index (χ0n) is 22.1. The largest absolute Gasteiger partial charge is 0.611 e. The van der Waals surface area contributed by atoms with Gasteiger partial charge < -0.3 is 14.2 Å². The van der Waals surface area contributed by atoms with E-state index in [2.05, 4.69) is 12.1 Å². The number of aromatic carboxylic acids is 1. The van der Waals surface area contributed by atoms with Crippen LogP contribution in [0.4, 0.5) is 0 Å². The van der Waals surface area contributed by atoms with Gasteiger partial charge >= 0.3 is 5.97 Å². The van der Waals surface area contributed by atoms with Crippen molar-refractivity contribution in [3.8, 4) is 22.4 Å². The van der Waals surface area contributed by atoms with Crippen LogP contribution in [0.3, 0.4) is 0 Å². The van der Waals surface area contributed by atoms with Gasteiger partial charge in [-0.1, -0.05) is 65.7 Å². The van der Waals surface area contributed by atoms with Crippen molar-refractivity contribution in [2.75, 3.05) is 5.75 Å². The lowest BCUT2D eigenvalue weighted by atomic mass is 10.0. The number of benzene rings is 4. The molecule has 0 spiro atoms. The molecule has 1 unspecified atom stereocenters. The van der Waals surface area contributed by atoms with Gasteiger partial charge in [0.2, 0.25) is 0 Å². The zero-order chi connectivity index (χ0) is 28.9. The van der Waals surface area contributed by atoms with Crippen molar-refractivity contribution in [3.63, 3.8) is 0 Å². The third-order valence-corrected chi connectivity index (χ3v) is 8.49. The zero-order valence-corrected chi connectivity index (χ0v) is 24.5. The molecule has 5 aromatic rings. The van der Waals surface area contributed by atoms with Gasteiger partial charge in [0, 0.05) is 23.3 Å². The predicted molar refractivity (Wildman–Crippen MR) is 168 cm³/mol. The second kappa shape index (κ2) is 12.8. The van der Waals surface area contributed by atoms with E-state index >= 15 is 0 Å². The molecule has 0 amide bonds. The molecule has 5 nitrogen and oxygen atoms in total. The molecule has 0 bridgehead atoms. The van der Waals surface area contributed by atoms with Crippen LogP contribution < -0.4 is 0 Å². The van der Waals surface area contributed by atoms with E-state index in [4.69, 9.17) is 28.2 Å². The predicted octanol–water partition coefficient (Wildman–Crippen LogP) is 8.57. The molecule has 0 fully saturated rings. The Kier molecular flexibility index (Phi) is 8.96. The van der Waals surface area contributed by atoms with E-state index in [1.54, 1.807) is 36.4 Å². The van der Waals surface area contributed by atoms with Crippen LogP contribution in [0.2, 0.25) is 10.0 Å². The Hall–Kier alpha value is -3.81. The number of imidazole rings is 1. The highest BCUT2D eigenvalue weighted by Gasteiger charge is 2.13. The Morgan fingerprint density at radius 2 is 1.59 bits per heavy atom. The third kappa shape index (κ3) is 6.92. The van der Waals surface area contributed by atoms with Crippen molar-refractivity contribution < 1.29 is 14.5 Å².